The monoisotopic (exact) mass is 285 g/mol. The SMILES string of the molecule is CC(O)C(NC(=O)CCOc1cccc(F)c1)C(=O)O. The number of carbonyl (C=O) groups is 2. The van der Waals surface area contributed by atoms with Crippen molar-refractivity contribution >= 4 is 11.9 Å². The third-order valence-electron chi connectivity index (χ3n) is 2.46. The van der Waals surface area contributed by atoms with E-state index < -0.39 is 29.8 Å². The van der Waals surface area contributed by atoms with Gasteiger partial charge in [-0.3, -0.25) is 4.79 Å². The molecule has 20 heavy (non-hydrogen) atoms. The Morgan fingerprint density at radius 2 is 2.15 bits per heavy atom. The fraction of sp³-hybridized carbons (Fsp3) is 0.385. The molecule has 0 radical (unpaired) electrons. The fourth-order valence-electron chi connectivity index (χ4n) is 1.45. The highest BCUT2D eigenvalue weighted by Crippen LogP contribution is 2.11. The van der Waals surface area contributed by atoms with Crippen LogP contribution >= 0.6 is 0 Å². The molecule has 6 nitrogen and oxygen atoms in total. The summed E-state index contributed by atoms with van der Waals surface area (Å²) in [5.74, 6) is -2.07. The van der Waals surface area contributed by atoms with Gasteiger partial charge in [-0.05, 0) is 19.1 Å². The lowest BCUT2D eigenvalue weighted by molar-refractivity contribution is -0.144. The van der Waals surface area contributed by atoms with Crippen LogP contribution < -0.4 is 10.1 Å². The van der Waals surface area contributed by atoms with Crippen molar-refractivity contribution in [2.45, 2.75) is 25.5 Å². The number of amides is 1. The summed E-state index contributed by atoms with van der Waals surface area (Å²) >= 11 is 0. The molecule has 2 unspecified atom stereocenters. The minimum absolute atomic E-state index is 0.0264. The van der Waals surface area contributed by atoms with E-state index in [1.54, 1.807) is 0 Å². The third-order valence-corrected chi connectivity index (χ3v) is 2.46. The number of halogens is 1. The Balaban J connectivity index is 2.38. The van der Waals surface area contributed by atoms with E-state index in [0.717, 1.165) is 0 Å². The molecule has 2 atom stereocenters. The van der Waals surface area contributed by atoms with E-state index >= 15 is 0 Å². The maximum absolute atomic E-state index is 12.9. The highest BCUT2D eigenvalue weighted by atomic mass is 19.1. The smallest absolute Gasteiger partial charge is 0.328 e. The molecular weight excluding hydrogens is 269 g/mol. The molecule has 0 bridgehead atoms. The summed E-state index contributed by atoms with van der Waals surface area (Å²) in [6.45, 7) is 1.24. The van der Waals surface area contributed by atoms with Crippen LogP contribution in [0.25, 0.3) is 0 Å². The van der Waals surface area contributed by atoms with Gasteiger partial charge in [-0.15, -0.1) is 0 Å². The van der Waals surface area contributed by atoms with Gasteiger partial charge in [0, 0.05) is 6.07 Å². The number of aliphatic hydroxyl groups excluding tert-OH is 1. The van der Waals surface area contributed by atoms with Crippen molar-refractivity contribution < 1.29 is 28.9 Å². The van der Waals surface area contributed by atoms with Gasteiger partial charge in [-0.2, -0.15) is 0 Å². The Morgan fingerprint density at radius 3 is 2.70 bits per heavy atom. The van der Waals surface area contributed by atoms with Crippen molar-refractivity contribution in [1.29, 1.82) is 0 Å². The summed E-state index contributed by atoms with van der Waals surface area (Å²) < 4.78 is 18.0. The molecule has 1 aromatic carbocycles. The molecular formula is C13H16FNO5. The number of hydrogen-bond donors (Lipinski definition) is 3. The van der Waals surface area contributed by atoms with Crippen LogP contribution in [-0.4, -0.2) is 40.8 Å². The largest absolute Gasteiger partial charge is 0.493 e. The van der Waals surface area contributed by atoms with Crippen LogP contribution in [0.5, 0.6) is 5.75 Å². The Kier molecular flexibility index (Phi) is 5.92. The van der Waals surface area contributed by atoms with Gasteiger partial charge in [0.15, 0.2) is 6.04 Å². The maximum Gasteiger partial charge on any atom is 0.328 e. The Hall–Kier alpha value is -2.15. The van der Waals surface area contributed by atoms with Crippen LogP contribution in [0.4, 0.5) is 4.39 Å². The molecule has 0 fully saturated rings. The highest BCUT2D eigenvalue weighted by molar-refractivity contribution is 5.83. The van der Waals surface area contributed by atoms with Crippen molar-refractivity contribution in [3.8, 4) is 5.75 Å². The average Bonchev–Trinajstić information content (AvgIpc) is 2.35. The molecule has 110 valence electrons. The number of nitrogens with one attached hydrogen (secondary N) is 1. The average molecular weight is 285 g/mol. The number of ether oxygens (including phenoxy) is 1. The number of carboxylic acids is 1. The lowest BCUT2D eigenvalue weighted by atomic mass is 10.2. The van der Waals surface area contributed by atoms with Gasteiger partial charge in [-0.25, -0.2) is 9.18 Å². The van der Waals surface area contributed by atoms with Crippen LogP contribution in [0.1, 0.15) is 13.3 Å². The topological polar surface area (TPSA) is 95.9 Å². The highest BCUT2D eigenvalue weighted by Gasteiger charge is 2.24. The zero-order valence-electron chi connectivity index (χ0n) is 10.9. The van der Waals surface area contributed by atoms with Crippen LogP contribution in [0.2, 0.25) is 0 Å². The standard InChI is InChI=1S/C13H16FNO5/c1-8(16)12(13(18)19)15-11(17)5-6-20-10-4-2-3-9(14)7-10/h2-4,7-8,12,16H,5-6H2,1H3,(H,15,17)(H,18,19). The van der Waals surface area contributed by atoms with Crippen LogP contribution in [0.15, 0.2) is 24.3 Å². The Morgan fingerprint density at radius 1 is 1.45 bits per heavy atom. The van der Waals surface area contributed by atoms with Crippen LogP contribution in [0.3, 0.4) is 0 Å². The van der Waals surface area contributed by atoms with Crippen molar-refractivity contribution in [2.24, 2.45) is 0 Å². The first-order valence-electron chi connectivity index (χ1n) is 5.98. The van der Waals surface area contributed by atoms with E-state index in [1.807, 2.05) is 0 Å². The summed E-state index contributed by atoms with van der Waals surface area (Å²) in [5, 5.41) is 20.1. The molecule has 0 aliphatic heterocycles. The summed E-state index contributed by atoms with van der Waals surface area (Å²) in [4.78, 5) is 22.2. The molecule has 0 aromatic heterocycles. The number of carbonyl (C=O) groups excluding carboxylic acids is 1. The second-order valence-electron chi connectivity index (χ2n) is 4.18. The van der Waals surface area contributed by atoms with E-state index in [1.165, 1.54) is 31.2 Å². The van der Waals surface area contributed by atoms with Gasteiger partial charge < -0.3 is 20.3 Å². The summed E-state index contributed by atoms with van der Waals surface area (Å²) in [5.41, 5.74) is 0. The van der Waals surface area contributed by atoms with E-state index in [4.69, 9.17) is 9.84 Å². The second-order valence-corrected chi connectivity index (χ2v) is 4.18. The molecule has 0 heterocycles. The Labute approximate surface area is 115 Å². The summed E-state index contributed by atoms with van der Waals surface area (Å²) in [6, 6.07) is 4.08. The van der Waals surface area contributed by atoms with E-state index in [9.17, 15) is 19.1 Å². The summed E-state index contributed by atoms with van der Waals surface area (Å²) in [6.07, 6.45) is -1.31. The Bertz CT molecular complexity index is 478. The quantitative estimate of drug-likeness (QED) is 0.679. The molecule has 0 saturated carbocycles. The number of hydrogen-bond acceptors (Lipinski definition) is 4. The first kappa shape index (κ1) is 15.9. The van der Waals surface area contributed by atoms with Crippen molar-refractivity contribution in [3.63, 3.8) is 0 Å². The number of rotatable bonds is 7. The van der Waals surface area contributed by atoms with Crippen molar-refractivity contribution in [2.75, 3.05) is 6.61 Å². The van der Waals surface area contributed by atoms with Gasteiger partial charge in [0.25, 0.3) is 0 Å². The molecule has 1 aromatic rings. The molecule has 0 aliphatic rings. The molecule has 0 spiro atoms. The van der Waals surface area contributed by atoms with Gasteiger partial charge in [0.05, 0.1) is 19.1 Å². The first-order valence-corrected chi connectivity index (χ1v) is 5.98. The molecule has 7 heteroatoms. The van der Waals surface area contributed by atoms with Gasteiger partial charge in [0.1, 0.15) is 11.6 Å². The first-order chi connectivity index (χ1) is 9.40. The fourth-order valence-corrected chi connectivity index (χ4v) is 1.45. The predicted molar refractivity (Wildman–Crippen MR) is 67.8 cm³/mol. The van der Waals surface area contributed by atoms with Gasteiger partial charge in [0.2, 0.25) is 5.91 Å². The molecule has 1 amide bonds. The number of carboxylic acid groups (broad SMARTS) is 1. The number of aliphatic carboxylic acids is 1. The minimum atomic E-state index is -1.36. The number of aliphatic hydroxyl groups is 1. The number of benzene rings is 1. The maximum atomic E-state index is 12.9. The lowest BCUT2D eigenvalue weighted by Crippen LogP contribution is -2.47. The summed E-state index contributed by atoms with van der Waals surface area (Å²) in [7, 11) is 0. The van der Waals surface area contributed by atoms with E-state index in [-0.39, 0.29) is 18.8 Å². The second kappa shape index (κ2) is 7.44. The van der Waals surface area contributed by atoms with Gasteiger partial charge >= 0.3 is 5.97 Å². The molecule has 0 saturated heterocycles. The molecule has 3 N–H and O–H groups in total. The minimum Gasteiger partial charge on any atom is -0.493 e. The third kappa shape index (κ3) is 5.23. The molecule has 1 rings (SSSR count). The normalized spacial score (nSPS) is 13.3. The zero-order chi connectivity index (χ0) is 15.1. The predicted octanol–water partition coefficient (Wildman–Crippen LogP) is 0.545. The molecule has 0 aliphatic carbocycles. The van der Waals surface area contributed by atoms with Gasteiger partial charge in [-0.1, -0.05) is 6.07 Å². The van der Waals surface area contributed by atoms with Crippen molar-refractivity contribution in [3.05, 3.63) is 30.1 Å². The van der Waals surface area contributed by atoms with E-state index in [0.29, 0.717) is 0 Å². The zero-order valence-corrected chi connectivity index (χ0v) is 10.9. The van der Waals surface area contributed by atoms with E-state index in [2.05, 4.69) is 5.32 Å². The van der Waals surface area contributed by atoms with Crippen molar-refractivity contribution in [1.82, 2.24) is 5.32 Å². The van der Waals surface area contributed by atoms with Crippen LogP contribution in [-0.2, 0) is 9.59 Å². The lowest BCUT2D eigenvalue weighted by Gasteiger charge is -2.17. The van der Waals surface area contributed by atoms with Crippen LogP contribution in [0, 0.1) is 5.82 Å².